The molecule has 60 heavy (non-hydrogen) atoms. The minimum Gasteiger partial charge on any atom is -0.504 e. The van der Waals surface area contributed by atoms with Gasteiger partial charge in [0.15, 0.2) is 56.0 Å². The second kappa shape index (κ2) is 14.0. The highest BCUT2D eigenvalue weighted by molar-refractivity contribution is 6.58. The van der Waals surface area contributed by atoms with Crippen LogP contribution in [0, 0.1) is 29.1 Å². The van der Waals surface area contributed by atoms with Crippen molar-refractivity contribution in [2.75, 3.05) is 26.2 Å². The first-order valence-electron chi connectivity index (χ1n) is 17.8. The molecule has 22 heteroatoms. The fraction of sp³-hybridized carbons (Fsp3) is 0.316. The van der Waals surface area contributed by atoms with E-state index in [0.717, 1.165) is 20.0 Å². The van der Waals surface area contributed by atoms with E-state index in [1.807, 2.05) is 0 Å². The second-order valence-corrected chi connectivity index (χ2v) is 15.4. The van der Waals surface area contributed by atoms with E-state index in [1.165, 1.54) is 51.2 Å². The number of fused-ring (bicyclic) bond motifs is 5. The molecule has 2 fully saturated rings. The number of carbonyl (C=O) groups excluding carboxylic acids is 2. The zero-order valence-corrected chi connectivity index (χ0v) is 33.0. The van der Waals surface area contributed by atoms with E-state index in [2.05, 4.69) is 4.98 Å². The molecule has 0 radical (unpaired) electrons. The molecule has 0 bridgehead atoms. The van der Waals surface area contributed by atoms with Crippen molar-refractivity contribution in [3.63, 3.8) is 0 Å². The molecule has 1 N–H and O–H groups in total. The lowest BCUT2D eigenvalue weighted by Gasteiger charge is -2.49. The predicted molar refractivity (Wildman–Crippen MR) is 202 cm³/mol. The largest absolute Gasteiger partial charge is 0.504 e. The van der Waals surface area contributed by atoms with Crippen molar-refractivity contribution in [2.24, 2.45) is 7.05 Å². The van der Waals surface area contributed by atoms with Crippen molar-refractivity contribution < 1.29 is 50.9 Å². The number of imide groups is 1. The average Bonchev–Trinajstić information content (AvgIpc) is 3.56. The number of aromatic hydroxyl groups is 1. The lowest BCUT2D eigenvalue weighted by atomic mass is 9.64. The lowest BCUT2D eigenvalue weighted by Crippen LogP contribution is -2.59. The predicted octanol–water partition coefficient (Wildman–Crippen LogP) is 3.93. The minimum atomic E-state index is -2.81. The average molecular weight is 880 g/mol. The Bertz CT molecular complexity index is 2940. The number of phenolic OH excluding ortho intramolecular Hbond substituents is 1. The molecule has 1 aliphatic carbocycles. The standard InChI is InChI=1S/C38H29Cl2F5N6O9/c1-47-19-13-24(60-4)23(59-3)12-18(19)46-17(32(47)53)8-9-48-35(56)49-10-7-16-20(51(49)36(48)57)14-37(39)33(54)50(31-29(44)27(42)26(41)28(43)30(31)45)34(55)38(37,40)25(16)15-5-6-21(52)22(11-15)58-2/h5-7,11-13,20,25,52H,8-10,14H2,1-4H3/t20-,25+,37-,38+/m1/s1. The highest BCUT2D eigenvalue weighted by Gasteiger charge is 2.76. The number of rotatable bonds is 8. The number of aromatic nitrogens is 5. The summed E-state index contributed by atoms with van der Waals surface area (Å²) in [7, 11) is 5.53. The Labute approximate surface area is 342 Å². The highest BCUT2D eigenvalue weighted by atomic mass is 35.5. The normalized spacial score (nSPS) is 22.1. The van der Waals surface area contributed by atoms with E-state index < -0.39 is 91.7 Å². The summed E-state index contributed by atoms with van der Waals surface area (Å²) in [5.41, 5.74) is -3.51. The van der Waals surface area contributed by atoms with Crippen molar-refractivity contribution in [3.8, 4) is 23.0 Å². The summed E-state index contributed by atoms with van der Waals surface area (Å²) >= 11 is 14.3. The number of nitrogens with zero attached hydrogens (tertiary/aromatic N) is 6. The van der Waals surface area contributed by atoms with Crippen LogP contribution in [-0.2, 0) is 36.1 Å². The van der Waals surface area contributed by atoms with Crippen LogP contribution in [0.25, 0.3) is 11.0 Å². The van der Waals surface area contributed by atoms with Crippen LogP contribution < -0.4 is 36.0 Å². The van der Waals surface area contributed by atoms with Crippen LogP contribution in [0.4, 0.5) is 27.6 Å². The molecule has 0 unspecified atom stereocenters. The van der Waals surface area contributed by atoms with Gasteiger partial charge in [0.1, 0.15) is 11.4 Å². The second-order valence-electron chi connectivity index (χ2n) is 14.2. The molecule has 0 spiro atoms. The first kappa shape index (κ1) is 40.6. The van der Waals surface area contributed by atoms with Gasteiger partial charge in [0, 0.05) is 44.5 Å². The van der Waals surface area contributed by atoms with E-state index in [9.17, 15) is 42.3 Å². The van der Waals surface area contributed by atoms with Gasteiger partial charge in [-0.3, -0.25) is 14.4 Å². The number of aryl methyl sites for hydroxylation is 2. The van der Waals surface area contributed by atoms with E-state index in [0.29, 0.717) is 22.5 Å². The van der Waals surface area contributed by atoms with Gasteiger partial charge in [0.2, 0.25) is 5.82 Å². The molecule has 4 heterocycles. The Balaban J connectivity index is 1.26. The molecule has 1 saturated heterocycles. The number of carbonyl (C=O) groups is 2. The topological polar surface area (TPSA) is 169 Å². The van der Waals surface area contributed by atoms with Crippen molar-refractivity contribution >= 4 is 51.7 Å². The van der Waals surface area contributed by atoms with Gasteiger partial charge in [-0.05, 0) is 23.3 Å². The monoisotopic (exact) mass is 878 g/mol. The summed E-state index contributed by atoms with van der Waals surface area (Å²) in [4.78, 5) is 69.2. The van der Waals surface area contributed by atoms with Crippen molar-refractivity contribution in [2.45, 2.75) is 47.6 Å². The summed E-state index contributed by atoms with van der Waals surface area (Å²) in [5, 5.41) is 10.4. The molecule has 8 rings (SSSR count). The van der Waals surface area contributed by atoms with Gasteiger partial charge in [0.25, 0.3) is 17.4 Å². The molecule has 1 saturated carbocycles. The molecule has 2 amide bonds. The van der Waals surface area contributed by atoms with Gasteiger partial charge >= 0.3 is 11.4 Å². The highest BCUT2D eigenvalue weighted by Crippen LogP contribution is 2.64. The molecular formula is C38H29Cl2F5N6O9. The van der Waals surface area contributed by atoms with Crippen LogP contribution in [0.15, 0.2) is 56.4 Å². The van der Waals surface area contributed by atoms with E-state index in [4.69, 9.17) is 37.4 Å². The lowest BCUT2D eigenvalue weighted by molar-refractivity contribution is -0.122. The Morgan fingerprint density at radius 3 is 2.08 bits per heavy atom. The molecule has 4 atom stereocenters. The van der Waals surface area contributed by atoms with Gasteiger partial charge in [-0.15, -0.1) is 23.2 Å². The molecule has 2 aromatic heterocycles. The Hall–Kier alpha value is -6.15. The Kier molecular flexibility index (Phi) is 9.46. The minimum absolute atomic E-state index is 0.00297. The quantitative estimate of drug-likeness (QED) is 0.0603. The number of alkyl halides is 2. The zero-order chi connectivity index (χ0) is 43.5. The fourth-order valence-electron chi connectivity index (χ4n) is 8.41. The molecule has 3 aliphatic rings. The third-order valence-corrected chi connectivity index (χ3v) is 12.7. The Morgan fingerprint density at radius 1 is 0.833 bits per heavy atom. The summed E-state index contributed by atoms with van der Waals surface area (Å²) in [6, 6.07) is 5.29. The number of hydrogen-bond acceptors (Lipinski definition) is 10. The van der Waals surface area contributed by atoms with Crippen LogP contribution in [0.2, 0.25) is 0 Å². The van der Waals surface area contributed by atoms with E-state index in [1.54, 1.807) is 12.1 Å². The molecule has 3 aromatic carbocycles. The third-order valence-electron chi connectivity index (χ3n) is 11.3. The number of hydrogen-bond donors (Lipinski definition) is 1. The summed E-state index contributed by atoms with van der Waals surface area (Å²) in [6.45, 7) is -0.731. The number of phenols is 1. The number of allylic oxidation sites excluding steroid dienone is 2. The van der Waals surface area contributed by atoms with E-state index >= 15 is 8.78 Å². The number of methoxy groups -OCH3 is 3. The first-order chi connectivity index (χ1) is 28.4. The van der Waals surface area contributed by atoms with Gasteiger partial charge in [0.05, 0.1) is 44.9 Å². The maximum atomic E-state index is 15.3. The summed E-state index contributed by atoms with van der Waals surface area (Å²) in [5.74, 6) is -17.4. The molecular weight excluding hydrogens is 850 g/mol. The Morgan fingerprint density at radius 2 is 1.45 bits per heavy atom. The first-order valence-corrected chi connectivity index (χ1v) is 18.5. The number of anilines is 1. The smallest absolute Gasteiger partial charge is 0.347 e. The van der Waals surface area contributed by atoms with Gasteiger partial charge < -0.3 is 23.9 Å². The van der Waals surface area contributed by atoms with Crippen LogP contribution >= 0.6 is 23.2 Å². The van der Waals surface area contributed by atoms with E-state index in [-0.39, 0.29) is 52.7 Å². The number of ether oxygens (including phenoxy) is 3. The number of benzene rings is 3. The van der Waals surface area contributed by atoms with Gasteiger partial charge in [-0.25, -0.2) is 55.4 Å². The molecule has 15 nitrogen and oxygen atoms in total. The maximum Gasteiger partial charge on any atom is 0.347 e. The van der Waals surface area contributed by atoms with Crippen LogP contribution in [0.1, 0.15) is 29.6 Å². The molecule has 314 valence electrons. The summed E-state index contributed by atoms with van der Waals surface area (Å²) < 4.78 is 93.9. The fourth-order valence-corrected chi connectivity index (χ4v) is 9.32. The van der Waals surface area contributed by atoms with Crippen LogP contribution in [0.5, 0.6) is 23.0 Å². The van der Waals surface area contributed by atoms with Crippen molar-refractivity contribution in [3.05, 3.63) is 114 Å². The SMILES string of the molecule is COc1cc([C@H]2C3=CCn4c(=O)n(CCc5nc6cc(OC)c(OC)cc6n(C)c5=O)c(=O)n4[C@@H]3C[C@@]3(Cl)C(=O)N(c4c(F)c(F)c(F)c(F)c4F)C(=O)[C@@]23Cl)ccc1O. The number of halogens is 7. The zero-order valence-electron chi connectivity index (χ0n) is 31.5. The third kappa shape index (κ3) is 5.31. The maximum absolute atomic E-state index is 15.3. The van der Waals surface area contributed by atoms with Crippen LogP contribution in [0.3, 0.4) is 0 Å². The van der Waals surface area contributed by atoms with Crippen molar-refractivity contribution in [1.29, 1.82) is 0 Å². The van der Waals surface area contributed by atoms with Gasteiger partial charge in [-0.2, -0.15) is 0 Å². The van der Waals surface area contributed by atoms with Crippen LogP contribution in [-0.4, -0.2) is 71.5 Å². The molecule has 2 aliphatic heterocycles. The molecule has 5 aromatic rings. The number of amides is 2. The summed E-state index contributed by atoms with van der Waals surface area (Å²) in [6.07, 6.45) is 0.361. The van der Waals surface area contributed by atoms with Crippen molar-refractivity contribution in [1.82, 2.24) is 23.5 Å². The van der Waals surface area contributed by atoms with Gasteiger partial charge in [-0.1, -0.05) is 12.1 Å².